The molecular formula is C12H21NO2. The van der Waals surface area contributed by atoms with Gasteiger partial charge in [0.2, 0.25) is 5.91 Å². The van der Waals surface area contributed by atoms with Crippen molar-refractivity contribution in [1.82, 2.24) is 4.90 Å². The van der Waals surface area contributed by atoms with Gasteiger partial charge in [0.05, 0.1) is 0 Å². The van der Waals surface area contributed by atoms with Crippen LogP contribution in [0.5, 0.6) is 0 Å². The number of carbonyl (C=O) groups excluding carboxylic acids is 1. The lowest BCUT2D eigenvalue weighted by atomic mass is 9.98. The highest BCUT2D eigenvalue weighted by atomic mass is 16.3. The summed E-state index contributed by atoms with van der Waals surface area (Å²) in [6.45, 7) is 6.19. The molecule has 15 heavy (non-hydrogen) atoms. The van der Waals surface area contributed by atoms with Crippen LogP contribution < -0.4 is 0 Å². The Morgan fingerprint density at radius 1 is 1.53 bits per heavy atom. The monoisotopic (exact) mass is 211 g/mol. The van der Waals surface area contributed by atoms with Crippen LogP contribution in [0.4, 0.5) is 0 Å². The molecule has 2 atom stereocenters. The SMILES string of the molecule is CC1(C)C[C@@H]1C(=O)N1CCCC(CO)C1. The Morgan fingerprint density at radius 2 is 2.20 bits per heavy atom. The summed E-state index contributed by atoms with van der Waals surface area (Å²) in [5.41, 5.74) is 0.225. The third-order valence-electron chi connectivity index (χ3n) is 3.90. The third-order valence-corrected chi connectivity index (χ3v) is 3.90. The second-order valence-corrected chi connectivity index (χ2v) is 5.72. The molecule has 2 rings (SSSR count). The molecular weight excluding hydrogens is 190 g/mol. The summed E-state index contributed by atoms with van der Waals surface area (Å²) in [6.07, 6.45) is 3.14. The van der Waals surface area contributed by atoms with Crippen LogP contribution in [0.25, 0.3) is 0 Å². The summed E-state index contributed by atoms with van der Waals surface area (Å²) in [5, 5.41) is 9.11. The summed E-state index contributed by atoms with van der Waals surface area (Å²) >= 11 is 0. The second-order valence-electron chi connectivity index (χ2n) is 5.72. The number of hydrogen-bond acceptors (Lipinski definition) is 2. The Balaban J connectivity index is 1.91. The number of nitrogens with zero attached hydrogens (tertiary/aromatic N) is 1. The van der Waals surface area contributed by atoms with E-state index in [4.69, 9.17) is 5.11 Å². The van der Waals surface area contributed by atoms with Crippen LogP contribution in [0, 0.1) is 17.3 Å². The molecule has 0 aromatic carbocycles. The van der Waals surface area contributed by atoms with Gasteiger partial charge in [-0.1, -0.05) is 13.8 Å². The van der Waals surface area contributed by atoms with Gasteiger partial charge in [0.25, 0.3) is 0 Å². The summed E-state index contributed by atoms with van der Waals surface area (Å²) in [6, 6.07) is 0. The standard InChI is InChI=1S/C12H21NO2/c1-12(2)6-10(12)11(15)13-5-3-4-9(7-13)8-14/h9-10,14H,3-8H2,1-2H3/t9?,10-/m1/s1. The highest BCUT2D eigenvalue weighted by Crippen LogP contribution is 2.52. The van der Waals surface area contributed by atoms with Crippen molar-refractivity contribution in [2.24, 2.45) is 17.3 Å². The Hall–Kier alpha value is -0.570. The molecule has 3 heteroatoms. The number of likely N-dealkylation sites (tertiary alicyclic amines) is 1. The Morgan fingerprint density at radius 3 is 2.73 bits per heavy atom. The first-order valence-corrected chi connectivity index (χ1v) is 5.94. The first-order chi connectivity index (χ1) is 7.04. The largest absolute Gasteiger partial charge is 0.396 e. The maximum atomic E-state index is 12.1. The van der Waals surface area contributed by atoms with E-state index in [-0.39, 0.29) is 17.9 Å². The molecule has 2 fully saturated rings. The van der Waals surface area contributed by atoms with Crippen LogP contribution in [0.2, 0.25) is 0 Å². The van der Waals surface area contributed by atoms with Gasteiger partial charge in [-0.05, 0) is 30.6 Å². The van der Waals surface area contributed by atoms with Crippen molar-refractivity contribution in [3.05, 3.63) is 0 Å². The van der Waals surface area contributed by atoms with Crippen molar-refractivity contribution in [3.8, 4) is 0 Å². The lowest BCUT2D eigenvalue weighted by molar-refractivity contribution is -0.135. The van der Waals surface area contributed by atoms with E-state index in [0.717, 1.165) is 32.4 Å². The molecule has 3 nitrogen and oxygen atoms in total. The predicted octanol–water partition coefficient (Wildman–Crippen LogP) is 1.26. The van der Waals surface area contributed by atoms with Crippen LogP contribution in [0.1, 0.15) is 33.1 Å². The molecule has 1 N–H and O–H groups in total. The van der Waals surface area contributed by atoms with Crippen LogP contribution in [0.3, 0.4) is 0 Å². The van der Waals surface area contributed by atoms with Gasteiger partial charge in [0.15, 0.2) is 0 Å². The molecule has 1 saturated carbocycles. The molecule has 1 saturated heterocycles. The van der Waals surface area contributed by atoms with Gasteiger partial charge in [0, 0.05) is 25.6 Å². The van der Waals surface area contributed by atoms with Gasteiger partial charge in [-0.3, -0.25) is 4.79 Å². The summed E-state index contributed by atoms with van der Waals surface area (Å²) < 4.78 is 0. The third kappa shape index (κ3) is 2.17. The lowest BCUT2D eigenvalue weighted by Gasteiger charge is -2.32. The van der Waals surface area contributed by atoms with Crippen molar-refractivity contribution < 1.29 is 9.90 Å². The smallest absolute Gasteiger partial charge is 0.226 e. The Labute approximate surface area is 91.5 Å². The van der Waals surface area contributed by atoms with Gasteiger partial charge in [-0.2, -0.15) is 0 Å². The average molecular weight is 211 g/mol. The van der Waals surface area contributed by atoms with Crippen LogP contribution in [-0.4, -0.2) is 35.6 Å². The van der Waals surface area contributed by atoms with Crippen molar-refractivity contribution in [2.45, 2.75) is 33.1 Å². The van der Waals surface area contributed by atoms with Gasteiger partial charge < -0.3 is 10.0 Å². The van der Waals surface area contributed by atoms with E-state index >= 15 is 0 Å². The zero-order chi connectivity index (χ0) is 11.1. The van der Waals surface area contributed by atoms with Gasteiger partial charge >= 0.3 is 0 Å². The molecule has 1 aliphatic heterocycles. The van der Waals surface area contributed by atoms with Crippen molar-refractivity contribution in [3.63, 3.8) is 0 Å². The topological polar surface area (TPSA) is 40.5 Å². The highest BCUT2D eigenvalue weighted by molar-refractivity contribution is 5.82. The molecule has 0 aromatic heterocycles. The maximum absolute atomic E-state index is 12.1. The average Bonchev–Trinajstić information content (AvgIpc) is 2.87. The fourth-order valence-corrected chi connectivity index (χ4v) is 2.52. The number of carbonyl (C=O) groups is 1. The number of hydrogen-bond donors (Lipinski definition) is 1. The van der Waals surface area contributed by atoms with Gasteiger partial charge in [0.1, 0.15) is 0 Å². The molecule has 1 heterocycles. The van der Waals surface area contributed by atoms with Gasteiger partial charge in [-0.25, -0.2) is 0 Å². The zero-order valence-electron chi connectivity index (χ0n) is 9.70. The van der Waals surface area contributed by atoms with E-state index in [1.165, 1.54) is 0 Å². The number of amides is 1. The fraction of sp³-hybridized carbons (Fsp3) is 0.917. The minimum Gasteiger partial charge on any atom is -0.396 e. The van der Waals surface area contributed by atoms with E-state index in [9.17, 15) is 4.79 Å². The molecule has 0 spiro atoms. The number of rotatable bonds is 2. The summed E-state index contributed by atoms with van der Waals surface area (Å²) in [4.78, 5) is 14.0. The van der Waals surface area contributed by atoms with E-state index in [1.54, 1.807) is 0 Å². The molecule has 0 bridgehead atoms. The van der Waals surface area contributed by atoms with Crippen LogP contribution in [-0.2, 0) is 4.79 Å². The van der Waals surface area contributed by atoms with Crippen LogP contribution in [0.15, 0.2) is 0 Å². The van der Waals surface area contributed by atoms with E-state index in [1.807, 2.05) is 4.90 Å². The molecule has 2 aliphatic rings. The normalized spacial score (nSPS) is 33.9. The quantitative estimate of drug-likeness (QED) is 0.747. The zero-order valence-corrected chi connectivity index (χ0v) is 9.70. The molecule has 86 valence electrons. The molecule has 0 radical (unpaired) electrons. The minimum absolute atomic E-state index is 0.220. The van der Waals surface area contributed by atoms with E-state index in [2.05, 4.69) is 13.8 Å². The number of aliphatic hydroxyl groups is 1. The molecule has 1 aliphatic carbocycles. The lowest BCUT2D eigenvalue weighted by Crippen LogP contribution is -2.42. The summed E-state index contributed by atoms with van der Waals surface area (Å²) in [7, 11) is 0. The number of aliphatic hydroxyl groups excluding tert-OH is 1. The predicted molar refractivity (Wildman–Crippen MR) is 58.3 cm³/mol. The number of piperidine rings is 1. The van der Waals surface area contributed by atoms with Crippen molar-refractivity contribution >= 4 is 5.91 Å². The van der Waals surface area contributed by atoms with Crippen molar-refractivity contribution in [2.75, 3.05) is 19.7 Å². The highest BCUT2D eigenvalue weighted by Gasteiger charge is 2.52. The minimum atomic E-state index is 0.220. The van der Waals surface area contributed by atoms with E-state index < -0.39 is 0 Å². The van der Waals surface area contributed by atoms with E-state index in [0.29, 0.717) is 11.8 Å². The Bertz CT molecular complexity index is 262. The molecule has 1 amide bonds. The van der Waals surface area contributed by atoms with Crippen molar-refractivity contribution in [1.29, 1.82) is 0 Å². The maximum Gasteiger partial charge on any atom is 0.226 e. The van der Waals surface area contributed by atoms with Gasteiger partial charge in [-0.15, -0.1) is 0 Å². The van der Waals surface area contributed by atoms with Crippen LogP contribution >= 0.6 is 0 Å². The Kier molecular flexibility index (Phi) is 2.75. The fourth-order valence-electron chi connectivity index (χ4n) is 2.52. The summed E-state index contributed by atoms with van der Waals surface area (Å²) in [5.74, 6) is 0.873. The second kappa shape index (κ2) is 3.78. The first-order valence-electron chi connectivity index (χ1n) is 5.94. The molecule has 1 unspecified atom stereocenters. The molecule has 0 aromatic rings. The first kappa shape index (κ1) is 10.9.